The molecule has 3 aliphatic rings. The van der Waals surface area contributed by atoms with Crippen molar-refractivity contribution in [3.8, 4) is 5.88 Å². The molecule has 0 bridgehead atoms. The highest BCUT2D eigenvalue weighted by molar-refractivity contribution is 7.91. The van der Waals surface area contributed by atoms with Gasteiger partial charge in [0.25, 0.3) is 0 Å². The molecule has 2 aliphatic carbocycles. The highest BCUT2D eigenvalue weighted by atomic mass is 32.2. The number of nitrogens with zero attached hydrogens (tertiary/aromatic N) is 4. The number of urea groups is 1. The Hall–Kier alpha value is -2.46. The summed E-state index contributed by atoms with van der Waals surface area (Å²) in [4.78, 5) is 17.7. The number of nitrogens with two attached hydrogens (primary N) is 1. The van der Waals surface area contributed by atoms with E-state index in [-0.39, 0.29) is 4.90 Å². The maximum atomic E-state index is 13.1. The van der Waals surface area contributed by atoms with Crippen LogP contribution in [0.4, 0.5) is 10.5 Å². The Kier molecular flexibility index (Phi) is 4.78. The number of hydrogen-bond donors (Lipinski definition) is 2. The summed E-state index contributed by atoms with van der Waals surface area (Å²) in [6.07, 6.45) is 8.02. The lowest BCUT2D eigenvalue weighted by Gasteiger charge is -2.23. The van der Waals surface area contributed by atoms with Gasteiger partial charge in [-0.2, -0.15) is 5.10 Å². The van der Waals surface area contributed by atoms with Crippen molar-refractivity contribution in [1.29, 1.82) is 0 Å². The van der Waals surface area contributed by atoms with Gasteiger partial charge in [-0.25, -0.2) is 18.8 Å². The van der Waals surface area contributed by atoms with Crippen LogP contribution in [0.3, 0.4) is 0 Å². The van der Waals surface area contributed by atoms with Gasteiger partial charge in [-0.05, 0) is 56.1 Å². The molecule has 0 fully saturated rings. The third-order valence-corrected chi connectivity index (χ3v) is 7.59. The number of aromatic nitrogens is 3. The highest BCUT2D eigenvalue weighted by Gasteiger charge is 2.29. The van der Waals surface area contributed by atoms with E-state index in [1.54, 1.807) is 4.68 Å². The Morgan fingerprint density at radius 1 is 1.30 bits per heavy atom. The average molecular weight is 431 g/mol. The topological polar surface area (TPSA) is 124 Å². The average Bonchev–Trinajstić information content (AvgIpc) is 3.45. The molecule has 30 heavy (non-hydrogen) atoms. The van der Waals surface area contributed by atoms with E-state index in [0.29, 0.717) is 24.9 Å². The van der Waals surface area contributed by atoms with E-state index in [4.69, 9.17) is 14.9 Å². The standard InChI is InChI=1S/C20H26N6O3S/c1-2-12-10-26-19(29-11-12)17(9-22-26)30(21,28)25-20(27)24-18-13-5-3-7-15(13)23-16-8-4-6-14(16)18/h9,12H,2-8,10-11H2,1H3,(H3,21,23,24,25,27,28). The van der Waals surface area contributed by atoms with Crippen LogP contribution in [0.1, 0.15) is 48.7 Å². The SMILES string of the molecule is CCC1COc2c(S(N)(=O)=NC(=O)Nc3c4c(nc5c3CCC5)CCC4)cnn2C1. The number of carbonyl (C=O) groups excluding carboxylic acids is 1. The second-order valence-corrected chi connectivity index (χ2v) is 9.98. The molecule has 0 spiro atoms. The lowest BCUT2D eigenvalue weighted by Crippen LogP contribution is -2.26. The fourth-order valence-electron chi connectivity index (χ4n) is 4.61. The Labute approximate surface area is 175 Å². The molecule has 2 aromatic rings. The van der Waals surface area contributed by atoms with E-state index in [1.807, 2.05) is 0 Å². The molecule has 2 amide bonds. The summed E-state index contributed by atoms with van der Waals surface area (Å²) in [7, 11) is -3.49. The third kappa shape index (κ3) is 3.27. The van der Waals surface area contributed by atoms with Gasteiger partial charge < -0.3 is 10.1 Å². The van der Waals surface area contributed by atoms with Crippen molar-refractivity contribution in [1.82, 2.24) is 14.8 Å². The molecule has 10 heteroatoms. The second kappa shape index (κ2) is 7.35. The monoisotopic (exact) mass is 430 g/mol. The third-order valence-electron chi connectivity index (χ3n) is 6.24. The smallest absolute Gasteiger partial charge is 0.354 e. The number of pyridine rings is 1. The molecule has 2 aromatic heterocycles. The zero-order valence-corrected chi connectivity index (χ0v) is 17.8. The van der Waals surface area contributed by atoms with Crippen LogP contribution >= 0.6 is 0 Å². The first-order valence-electron chi connectivity index (χ1n) is 10.5. The molecule has 2 unspecified atom stereocenters. The summed E-state index contributed by atoms with van der Waals surface area (Å²) in [5.41, 5.74) is 5.08. The van der Waals surface area contributed by atoms with Crippen LogP contribution < -0.4 is 15.2 Å². The van der Waals surface area contributed by atoms with Crippen molar-refractivity contribution in [2.45, 2.75) is 63.3 Å². The van der Waals surface area contributed by atoms with Gasteiger partial charge in [0.1, 0.15) is 4.90 Å². The van der Waals surface area contributed by atoms with Gasteiger partial charge in [0.15, 0.2) is 9.92 Å². The second-order valence-electron chi connectivity index (χ2n) is 8.22. The number of hydrogen-bond acceptors (Lipinski definition) is 5. The van der Waals surface area contributed by atoms with Gasteiger partial charge in [-0.1, -0.05) is 6.92 Å². The minimum absolute atomic E-state index is 0.164. The van der Waals surface area contributed by atoms with Crippen LogP contribution in [-0.2, 0) is 42.1 Å². The van der Waals surface area contributed by atoms with E-state index in [0.717, 1.165) is 73.1 Å². The largest absolute Gasteiger partial charge is 0.477 e. The lowest BCUT2D eigenvalue weighted by atomic mass is 10.1. The van der Waals surface area contributed by atoms with Crippen LogP contribution in [0.2, 0.25) is 0 Å². The Bertz CT molecular complexity index is 1120. The Balaban J connectivity index is 1.45. The zero-order chi connectivity index (χ0) is 20.9. The predicted molar refractivity (Wildman–Crippen MR) is 112 cm³/mol. The summed E-state index contributed by atoms with van der Waals surface area (Å²) < 4.78 is 24.4. The molecular formula is C20H26N6O3S. The fraction of sp³-hybridized carbons (Fsp3) is 0.550. The van der Waals surface area contributed by atoms with E-state index in [9.17, 15) is 9.00 Å². The highest BCUT2D eigenvalue weighted by Crippen LogP contribution is 2.37. The number of nitrogens with one attached hydrogen (secondary N) is 1. The molecule has 2 atom stereocenters. The molecule has 3 N–H and O–H groups in total. The van der Waals surface area contributed by atoms with Gasteiger partial charge in [0, 0.05) is 17.3 Å². The Morgan fingerprint density at radius 3 is 2.67 bits per heavy atom. The number of anilines is 1. The van der Waals surface area contributed by atoms with Crippen molar-refractivity contribution in [3.05, 3.63) is 28.7 Å². The predicted octanol–water partition coefficient (Wildman–Crippen LogP) is 2.61. The number of fused-ring (bicyclic) bond motifs is 3. The van der Waals surface area contributed by atoms with Gasteiger partial charge in [-0.15, -0.1) is 4.36 Å². The minimum Gasteiger partial charge on any atom is -0.477 e. The van der Waals surface area contributed by atoms with Crippen molar-refractivity contribution in [2.24, 2.45) is 15.4 Å². The summed E-state index contributed by atoms with van der Waals surface area (Å²) >= 11 is 0. The fourth-order valence-corrected chi connectivity index (χ4v) is 5.62. The maximum Gasteiger partial charge on any atom is 0.354 e. The first-order valence-corrected chi connectivity index (χ1v) is 12.1. The molecule has 3 heterocycles. The maximum absolute atomic E-state index is 13.1. The van der Waals surface area contributed by atoms with E-state index in [1.165, 1.54) is 6.20 Å². The number of aryl methyl sites for hydroxylation is 2. The van der Waals surface area contributed by atoms with Crippen LogP contribution in [0, 0.1) is 5.92 Å². The molecule has 0 saturated heterocycles. The first-order chi connectivity index (χ1) is 14.5. The van der Waals surface area contributed by atoms with E-state index >= 15 is 0 Å². The van der Waals surface area contributed by atoms with E-state index in [2.05, 4.69) is 21.7 Å². The van der Waals surface area contributed by atoms with Gasteiger partial charge >= 0.3 is 6.03 Å². The number of ether oxygens (including phenoxy) is 1. The zero-order valence-electron chi connectivity index (χ0n) is 17.0. The minimum atomic E-state index is -3.49. The summed E-state index contributed by atoms with van der Waals surface area (Å²) in [6.45, 7) is 3.26. The molecule has 5 rings (SSSR count). The van der Waals surface area contributed by atoms with Crippen LogP contribution in [0.5, 0.6) is 5.88 Å². The van der Waals surface area contributed by atoms with Crippen LogP contribution in [0.15, 0.2) is 15.5 Å². The summed E-state index contributed by atoms with van der Waals surface area (Å²) in [6, 6.07) is -0.709. The van der Waals surface area contributed by atoms with Crippen molar-refractivity contribution >= 4 is 21.6 Å². The van der Waals surface area contributed by atoms with Crippen LogP contribution in [-0.4, -0.2) is 31.6 Å². The van der Waals surface area contributed by atoms with Crippen molar-refractivity contribution in [2.75, 3.05) is 11.9 Å². The summed E-state index contributed by atoms with van der Waals surface area (Å²) in [5.74, 6) is 0.685. The van der Waals surface area contributed by atoms with E-state index < -0.39 is 15.9 Å². The quantitative estimate of drug-likeness (QED) is 0.774. The molecule has 1 aliphatic heterocycles. The lowest BCUT2D eigenvalue weighted by molar-refractivity contribution is 0.157. The first kappa shape index (κ1) is 19.5. The van der Waals surface area contributed by atoms with Gasteiger partial charge in [0.05, 0.1) is 25.0 Å². The van der Waals surface area contributed by atoms with Crippen molar-refractivity contribution < 1.29 is 13.7 Å². The number of rotatable bonds is 3. The van der Waals surface area contributed by atoms with Gasteiger partial charge in [0.2, 0.25) is 5.88 Å². The molecule has 0 radical (unpaired) electrons. The molecule has 160 valence electrons. The molecule has 9 nitrogen and oxygen atoms in total. The summed E-state index contributed by atoms with van der Waals surface area (Å²) in [5, 5.41) is 13.1. The van der Waals surface area contributed by atoms with Crippen LogP contribution in [0.25, 0.3) is 0 Å². The normalized spacial score (nSPS) is 21.2. The van der Waals surface area contributed by atoms with Crippen molar-refractivity contribution in [3.63, 3.8) is 0 Å². The van der Waals surface area contributed by atoms with Gasteiger partial charge in [-0.3, -0.25) is 4.98 Å². The molecule has 0 saturated carbocycles. The molecule has 0 aromatic carbocycles. The number of amides is 2. The molecular weight excluding hydrogens is 404 g/mol. The Morgan fingerprint density at radius 2 is 2.00 bits per heavy atom. The number of carbonyl (C=O) groups is 1.